The van der Waals surface area contributed by atoms with E-state index in [-0.39, 0.29) is 17.7 Å². The van der Waals surface area contributed by atoms with Crippen molar-refractivity contribution in [3.63, 3.8) is 0 Å². The van der Waals surface area contributed by atoms with Crippen LogP contribution in [0.25, 0.3) is 0 Å². The molecule has 0 fully saturated rings. The van der Waals surface area contributed by atoms with E-state index < -0.39 is 6.43 Å². The van der Waals surface area contributed by atoms with E-state index in [4.69, 9.17) is 5.11 Å². The lowest BCUT2D eigenvalue weighted by Gasteiger charge is -2.11. The molecule has 0 aliphatic rings. The maximum absolute atomic E-state index is 12.5. The van der Waals surface area contributed by atoms with Gasteiger partial charge in [0.25, 0.3) is 6.43 Å². The fourth-order valence-electron chi connectivity index (χ4n) is 1.28. The lowest BCUT2D eigenvalue weighted by molar-refractivity contribution is 0.146. The van der Waals surface area contributed by atoms with E-state index in [9.17, 15) is 8.78 Å². The van der Waals surface area contributed by atoms with E-state index in [1.165, 1.54) is 6.20 Å². The van der Waals surface area contributed by atoms with Crippen LogP contribution in [0.4, 0.5) is 8.78 Å². The Balaban J connectivity index is 3.35. The molecule has 4 heteroatoms. The zero-order chi connectivity index (χ0) is 10.0. The van der Waals surface area contributed by atoms with Gasteiger partial charge < -0.3 is 5.11 Å². The van der Waals surface area contributed by atoms with Gasteiger partial charge in [0.2, 0.25) is 0 Å². The summed E-state index contributed by atoms with van der Waals surface area (Å²) in [5.74, 6) is 0. The zero-order valence-electron chi connectivity index (χ0n) is 7.51. The maximum Gasteiger partial charge on any atom is 0.264 e. The summed E-state index contributed by atoms with van der Waals surface area (Å²) in [7, 11) is 0. The molecule has 0 spiro atoms. The van der Waals surface area contributed by atoms with Crippen LogP contribution in [0.15, 0.2) is 6.20 Å². The van der Waals surface area contributed by atoms with E-state index in [2.05, 4.69) is 4.98 Å². The summed E-state index contributed by atoms with van der Waals surface area (Å²) < 4.78 is 25.0. The highest BCUT2D eigenvalue weighted by Crippen LogP contribution is 2.27. The van der Waals surface area contributed by atoms with Gasteiger partial charge in [0.15, 0.2) is 0 Å². The molecule has 1 aromatic heterocycles. The molecular formula is C9H11F2NO. The van der Waals surface area contributed by atoms with Gasteiger partial charge >= 0.3 is 0 Å². The molecule has 1 N–H and O–H groups in total. The molecule has 72 valence electrons. The standard InChI is InChI=1S/C9H11F2NO/c1-5-3-12-6(2)7(4-13)8(5)9(10)11/h3,9,13H,4H2,1-2H3. The molecule has 0 unspecified atom stereocenters. The Bertz CT molecular complexity index is 313. The monoisotopic (exact) mass is 187 g/mol. The Kier molecular flexibility index (Phi) is 2.93. The average Bonchev–Trinajstić information content (AvgIpc) is 2.07. The van der Waals surface area contributed by atoms with E-state index >= 15 is 0 Å². The molecule has 0 aromatic carbocycles. The summed E-state index contributed by atoms with van der Waals surface area (Å²) >= 11 is 0. The molecule has 2 nitrogen and oxygen atoms in total. The van der Waals surface area contributed by atoms with Crippen molar-refractivity contribution in [1.82, 2.24) is 4.98 Å². The van der Waals surface area contributed by atoms with E-state index in [1.807, 2.05) is 0 Å². The molecule has 0 amide bonds. The first-order valence-electron chi connectivity index (χ1n) is 3.92. The minimum absolute atomic E-state index is 0.0880. The molecule has 0 aliphatic heterocycles. The van der Waals surface area contributed by atoms with Gasteiger partial charge in [0.1, 0.15) is 0 Å². The maximum atomic E-state index is 12.5. The highest BCUT2D eigenvalue weighted by atomic mass is 19.3. The van der Waals surface area contributed by atoms with Gasteiger partial charge in [-0.05, 0) is 19.4 Å². The van der Waals surface area contributed by atoms with Crippen LogP contribution in [0.2, 0.25) is 0 Å². The van der Waals surface area contributed by atoms with E-state index in [0.29, 0.717) is 11.3 Å². The Hall–Kier alpha value is -1.03. The van der Waals surface area contributed by atoms with Gasteiger partial charge in [-0.25, -0.2) is 8.78 Å². The van der Waals surface area contributed by atoms with Crippen molar-refractivity contribution in [3.05, 3.63) is 28.6 Å². The third kappa shape index (κ3) is 1.83. The predicted molar refractivity (Wildman–Crippen MR) is 44.6 cm³/mol. The smallest absolute Gasteiger partial charge is 0.264 e. The van der Waals surface area contributed by atoms with Crippen LogP contribution in [0.3, 0.4) is 0 Å². The first-order chi connectivity index (χ1) is 6.07. The van der Waals surface area contributed by atoms with Crippen molar-refractivity contribution in [3.8, 4) is 0 Å². The van der Waals surface area contributed by atoms with Gasteiger partial charge in [0.05, 0.1) is 6.61 Å². The molecule has 0 atom stereocenters. The molecule has 1 rings (SSSR count). The van der Waals surface area contributed by atoms with Gasteiger partial charge in [-0.15, -0.1) is 0 Å². The number of pyridine rings is 1. The average molecular weight is 187 g/mol. The number of aryl methyl sites for hydroxylation is 2. The third-order valence-corrected chi connectivity index (χ3v) is 2.01. The van der Waals surface area contributed by atoms with Crippen molar-refractivity contribution in [2.75, 3.05) is 0 Å². The summed E-state index contributed by atoms with van der Waals surface area (Å²) in [5.41, 5.74) is 1.04. The van der Waals surface area contributed by atoms with Crippen LogP contribution in [0.5, 0.6) is 0 Å². The lowest BCUT2D eigenvalue weighted by Crippen LogP contribution is -2.03. The number of aliphatic hydroxyl groups excluding tert-OH is 1. The van der Waals surface area contributed by atoms with Crippen LogP contribution < -0.4 is 0 Å². The van der Waals surface area contributed by atoms with Crippen molar-refractivity contribution < 1.29 is 13.9 Å². The second-order valence-electron chi connectivity index (χ2n) is 2.88. The number of rotatable bonds is 2. The Morgan fingerprint density at radius 1 is 1.46 bits per heavy atom. The molecule has 1 aromatic rings. The second kappa shape index (κ2) is 3.79. The Morgan fingerprint density at radius 2 is 2.08 bits per heavy atom. The Labute approximate surface area is 75.2 Å². The molecule has 0 bridgehead atoms. The SMILES string of the molecule is Cc1cnc(C)c(CO)c1C(F)F. The Morgan fingerprint density at radius 3 is 2.46 bits per heavy atom. The first kappa shape index (κ1) is 10.1. The largest absolute Gasteiger partial charge is 0.392 e. The fraction of sp³-hybridized carbons (Fsp3) is 0.444. The minimum Gasteiger partial charge on any atom is -0.392 e. The summed E-state index contributed by atoms with van der Waals surface area (Å²) in [6.07, 6.45) is -1.15. The molecule has 0 radical (unpaired) electrons. The normalized spacial score (nSPS) is 10.9. The molecular weight excluding hydrogens is 176 g/mol. The van der Waals surface area contributed by atoms with E-state index in [0.717, 1.165) is 0 Å². The van der Waals surface area contributed by atoms with Crippen LogP contribution in [0.1, 0.15) is 28.8 Å². The van der Waals surface area contributed by atoms with Crippen molar-refractivity contribution in [2.45, 2.75) is 26.9 Å². The zero-order valence-corrected chi connectivity index (χ0v) is 7.51. The van der Waals surface area contributed by atoms with Crippen LogP contribution >= 0.6 is 0 Å². The predicted octanol–water partition coefficient (Wildman–Crippen LogP) is 2.13. The van der Waals surface area contributed by atoms with Crippen LogP contribution in [0, 0.1) is 13.8 Å². The molecule has 13 heavy (non-hydrogen) atoms. The topological polar surface area (TPSA) is 33.1 Å². The molecule has 0 saturated carbocycles. The second-order valence-corrected chi connectivity index (χ2v) is 2.88. The first-order valence-corrected chi connectivity index (χ1v) is 3.92. The molecule has 0 aliphatic carbocycles. The minimum atomic E-state index is -2.55. The number of nitrogens with zero attached hydrogens (tertiary/aromatic N) is 1. The lowest BCUT2D eigenvalue weighted by atomic mass is 10.0. The van der Waals surface area contributed by atoms with E-state index in [1.54, 1.807) is 13.8 Å². The van der Waals surface area contributed by atoms with Crippen LogP contribution in [-0.2, 0) is 6.61 Å². The number of halogens is 2. The number of aromatic nitrogens is 1. The van der Waals surface area contributed by atoms with Gasteiger partial charge in [-0.3, -0.25) is 4.98 Å². The van der Waals surface area contributed by atoms with Crippen molar-refractivity contribution in [1.29, 1.82) is 0 Å². The molecule has 1 heterocycles. The summed E-state index contributed by atoms with van der Waals surface area (Å²) in [6.45, 7) is 2.78. The number of alkyl halides is 2. The highest BCUT2D eigenvalue weighted by molar-refractivity contribution is 5.35. The van der Waals surface area contributed by atoms with Crippen molar-refractivity contribution >= 4 is 0 Å². The summed E-state index contributed by atoms with van der Waals surface area (Å²) in [5, 5.41) is 8.90. The summed E-state index contributed by atoms with van der Waals surface area (Å²) in [6, 6.07) is 0. The quantitative estimate of drug-likeness (QED) is 0.769. The van der Waals surface area contributed by atoms with Crippen molar-refractivity contribution in [2.24, 2.45) is 0 Å². The van der Waals surface area contributed by atoms with Gasteiger partial charge in [0, 0.05) is 23.0 Å². The molecule has 0 saturated heterocycles. The third-order valence-electron chi connectivity index (χ3n) is 2.01. The van der Waals surface area contributed by atoms with Crippen LogP contribution in [-0.4, -0.2) is 10.1 Å². The number of hydrogen-bond acceptors (Lipinski definition) is 2. The summed E-state index contributed by atoms with van der Waals surface area (Å²) in [4.78, 5) is 3.90. The number of hydrogen-bond donors (Lipinski definition) is 1. The number of aliphatic hydroxyl groups is 1. The fourth-order valence-corrected chi connectivity index (χ4v) is 1.28. The van der Waals surface area contributed by atoms with Gasteiger partial charge in [-0.2, -0.15) is 0 Å². The highest BCUT2D eigenvalue weighted by Gasteiger charge is 2.17. The van der Waals surface area contributed by atoms with Gasteiger partial charge in [-0.1, -0.05) is 0 Å².